The van der Waals surface area contributed by atoms with Crippen LogP contribution in [0.5, 0.6) is 0 Å². The topological polar surface area (TPSA) is 113 Å². The zero-order chi connectivity index (χ0) is 25.4. The fraction of sp³-hybridized carbons (Fsp3) is 0.417. The highest BCUT2D eigenvalue weighted by atomic mass is 79.9. The van der Waals surface area contributed by atoms with Gasteiger partial charge >= 0.3 is 11.9 Å². The van der Waals surface area contributed by atoms with Crippen LogP contribution >= 0.6 is 27.3 Å². The first-order valence-corrected chi connectivity index (χ1v) is 13.2. The van der Waals surface area contributed by atoms with Gasteiger partial charge in [0.1, 0.15) is 11.9 Å². The number of ether oxygens (including phenoxy) is 2. The molecule has 0 amide bonds. The van der Waals surface area contributed by atoms with Gasteiger partial charge in [-0.15, -0.1) is 11.3 Å². The molecule has 4 atom stereocenters. The van der Waals surface area contributed by atoms with E-state index < -0.39 is 29.7 Å². The lowest BCUT2D eigenvalue weighted by Crippen LogP contribution is -2.50. The molecular formula is C24H24BrFN4O5S. The average molecular weight is 579 g/mol. The maximum absolute atomic E-state index is 13.9. The Morgan fingerprint density at radius 2 is 2.22 bits per heavy atom. The second-order valence-electron chi connectivity index (χ2n) is 8.73. The first-order chi connectivity index (χ1) is 17.4. The summed E-state index contributed by atoms with van der Waals surface area (Å²) in [6, 6.07) is 3.04. The number of amidine groups is 1. The molecule has 5 rings (SSSR count). The van der Waals surface area contributed by atoms with Gasteiger partial charge < -0.3 is 19.9 Å². The van der Waals surface area contributed by atoms with Crippen molar-refractivity contribution in [1.82, 2.24) is 15.2 Å². The molecule has 1 aromatic heterocycles. The highest BCUT2D eigenvalue weighted by Crippen LogP contribution is 2.39. The fourth-order valence-electron chi connectivity index (χ4n) is 5.05. The summed E-state index contributed by atoms with van der Waals surface area (Å²) >= 11 is 4.82. The van der Waals surface area contributed by atoms with E-state index in [1.165, 1.54) is 23.5 Å². The molecule has 2 aromatic rings. The van der Waals surface area contributed by atoms with Crippen LogP contribution in [0.1, 0.15) is 30.0 Å². The van der Waals surface area contributed by atoms with E-state index in [1.807, 2.05) is 5.38 Å². The number of carbonyl (C=O) groups excluding carboxylic acids is 1. The molecule has 3 aliphatic heterocycles. The standard InChI is InChI=1S/C24H24BrFN4O5S/c1-2-35-24(33)19-17(9-30-13-8-15(23(31)32)18(30)11-34-10-13)28-21(22-27-5-6-36-22)29-20(19)14-4-3-12(26)7-16(14)25/h3-7,13,15,18,20H,2,8-11H2,1H3,(H,28,29)(H,31,32)/t13?,15?,18?,20-/m0/s1. The van der Waals surface area contributed by atoms with Crippen molar-refractivity contribution in [1.29, 1.82) is 0 Å². The van der Waals surface area contributed by atoms with Crippen LogP contribution in [0.15, 0.2) is 50.5 Å². The van der Waals surface area contributed by atoms with Crippen LogP contribution in [0.2, 0.25) is 0 Å². The van der Waals surface area contributed by atoms with Crippen LogP contribution < -0.4 is 5.32 Å². The third-order valence-corrected chi connectivity index (χ3v) is 8.12. The Labute approximate surface area is 219 Å². The van der Waals surface area contributed by atoms with Crippen molar-refractivity contribution < 1.29 is 28.6 Å². The van der Waals surface area contributed by atoms with E-state index in [4.69, 9.17) is 14.5 Å². The molecule has 0 radical (unpaired) electrons. The maximum Gasteiger partial charge on any atom is 0.338 e. The Morgan fingerprint density at radius 3 is 2.92 bits per heavy atom. The number of aliphatic imine (C=N–C) groups is 1. The van der Waals surface area contributed by atoms with E-state index in [-0.39, 0.29) is 25.2 Å². The Balaban J connectivity index is 1.61. The van der Waals surface area contributed by atoms with Crippen molar-refractivity contribution in [2.24, 2.45) is 10.9 Å². The number of carboxylic acids is 1. The van der Waals surface area contributed by atoms with Gasteiger partial charge in [0.25, 0.3) is 0 Å². The van der Waals surface area contributed by atoms with E-state index in [2.05, 4.69) is 31.1 Å². The minimum absolute atomic E-state index is 0.0965. The summed E-state index contributed by atoms with van der Waals surface area (Å²) in [7, 11) is 0. The Bertz CT molecular complexity index is 1240. The predicted octanol–water partition coefficient (Wildman–Crippen LogP) is 3.13. The van der Waals surface area contributed by atoms with Crippen LogP contribution in [0.3, 0.4) is 0 Å². The number of aliphatic carboxylic acids is 1. The summed E-state index contributed by atoms with van der Waals surface area (Å²) in [5, 5.41) is 15.5. The number of morpholine rings is 1. The second kappa shape index (κ2) is 10.4. The molecule has 9 nitrogen and oxygen atoms in total. The third kappa shape index (κ3) is 4.70. The largest absolute Gasteiger partial charge is 0.481 e. The molecule has 2 saturated heterocycles. The van der Waals surface area contributed by atoms with Crippen LogP contribution in [0.25, 0.3) is 0 Å². The van der Waals surface area contributed by atoms with E-state index >= 15 is 0 Å². The first kappa shape index (κ1) is 25.0. The second-order valence-corrected chi connectivity index (χ2v) is 10.5. The van der Waals surface area contributed by atoms with Gasteiger partial charge in [-0.05, 0) is 31.0 Å². The Morgan fingerprint density at radius 1 is 1.39 bits per heavy atom. The molecule has 2 fully saturated rings. The SMILES string of the molecule is CCOC(=O)C1=C(CN2C3COCC2C(C(=O)O)C3)NC(c2nccs2)=N[C@H]1c1ccc(F)cc1Br. The third-order valence-electron chi connectivity index (χ3n) is 6.66. The summed E-state index contributed by atoms with van der Waals surface area (Å²) in [6.45, 7) is 2.88. The number of carbonyl (C=O) groups is 2. The number of carboxylic acid groups (broad SMARTS) is 1. The van der Waals surface area contributed by atoms with Crippen molar-refractivity contribution in [2.75, 3.05) is 26.4 Å². The lowest BCUT2D eigenvalue weighted by atomic mass is 9.95. The van der Waals surface area contributed by atoms with Gasteiger partial charge in [-0.3, -0.25) is 14.7 Å². The minimum atomic E-state index is -0.854. The number of nitrogens with one attached hydrogen (secondary N) is 1. The van der Waals surface area contributed by atoms with Crippen molar-refractivity contribution >= 4 is 45.0 Å². The molecule has 12 heteroatoms. The van der Waals surface area contributed by atoms with Crippen molar-refractivity contribution in [3.63, 3.8) is 0 Å². The molecule has 3 unspecified atom stereocenters. The number of esters is 1. The highest BCUT2D eigenvalue weighted by molar-refractivity contribution is 9.10. The molecule has 0 aliphatic carbocycles. The van der Waals surface area contributed by atoms with Gasteiger partial charge in [0.15, 0.2) is 10.8 Å². The van der Waals surface area contributed by atoms with Crippen molar-refractivity contribution in [3.05, 3.63) is 61.9 Å². The summed E-state index contributed by atoms with van der Waals surface area (Å²) in [5.74, 6) is -1.90. The van der Waals surface area contributed by atoms with E-state index in [9.17, 15) is 19.1 Å². The van der Waals surface area contributed by atoms with Gasteiger partial charge in [0, 0.05) is 40.4 Å². The molecule has 2 N–H and O–H groups in total. The molecular weight excluding hydrogens is 555 g/mol. The molecule has 1 aromatic carbocycles. The number of hydrogen-bond donors (Lipinski definition) is 2. The molecule has 0 spiro atoms. The van der Waals surface area contributed by atoms with Gasteiger partial charge in [0.05, 0.1) is 31.3 Å². The maximum atomic E-state index is 13.9. The van der Waals surface area contributed by atoms with Gasteiger partial charge in [-0.2, -0.15) is 0 Å². The zero-order valence-corrected chi connectivity index (χ0v) is 21.7. The minimum Gasteiger partial charge on any atom is -0.481 e. The van der Waals surface area contributed by atoms with Gasteiger partial charge in [-0.25, -0.2) is 14.2 Å². The number of fused-ring (bicyclic) bond motifs is 2. The summed E-state index contributed by atoms with van der Waals surface area (Å²) in [5.41, 5.74) is 1.45. The highest BCUT2D eigenvalue weighted by Gasteiger charge is 2.48. The summed E-state index contributed by atoms with van der Waals surface area (Å²) in [4.78, 5) is 36.5. The van der Waals surface area contributed by atoms with E-state index in [1.54, 1.807) is 19.2 Å². The van der Waals surface area contributed by atoms with Crippen molar-refractivity contribution in [3.8, 4) is 0 Å². The number of aromatic nitrogens is 1. The molecule has 2 bridgehead atoms. The predicted molar refractivity (Wildman–Crippen MR) is 133 cm³/mol. The lowest BCUT2D eigenvalue weighted by molar-refractivity contribution is -0.143. The number of thiazole rings is 1. The first-order valence-electron chi connectivity index (χ1n) is 11.5. The van der Waals surface area contributed by atoms with Crippen LogP contribution in [-0.2, 0) is 19.1 Å². The molecule has 4 heterocycles. The monoisotopic (exact) mass is 578 g/mol. The number of benzene rings is 1. The van der Waals surface area contributed by atoms with E-state index in [0.717, 1.165) is 0 Å². The molecule has 3 aliphatic rings. The Kier molecular flexibility index (Phi) is 7.20. The normalized spacial score (nSPS) is 25.9. The van der Waals surface area contributed by atoms with Gasteiger partial charge in [0.2, 0.25) is 0 Å². The van der Waals surface area contributed by atoms with Crippen LogP contribution in [0.4, 0.5) is 4.39 Å². The van der Waals surface area contributed by atoms with E-state index in [0.29, 0.717) is 51.8 Å². The Hall–Kier alpha value is -2.67. The molecule has 190 valence electrons. The number of halogens is 2. The smallest absolute Gasteiger partial charge is 0.338 e. The fourth-order valence-corrected chi connectivity index (χ4v) is 6.20. The molecule has 0 saturated carbocycles. The van der Waals surface area contributed by atoms with Crippen LogP contribution in [-0.4, -0.2) is 71.2 Å². The average Bonchev–Trinajstić information content (AvgIpc) is 3.43. The summed E-state index contributed by atoms with van der Waals surface area (Å²) in [6.07, 6.45) is 2.14. The lowest BCUT2D eigenvalue weighted by Gasteiger charge is -2.37. The zero-order valence-electron chi connectivity index (χ0n) is 19.3. The van der Waals surface area contributed by atoms with Crippen LogP contribution in [0, 0.1) is 11.7 Å². The molecule has 36 heavy (non-hydrogen) atoms. The van der Waals surface area contributed by atoms with Gasteiger partial charge in [-0.1, -0.05) is 22.0 Å². The number of rotatable bonds is 7. The van der Waals surface area contributed by atoms with Crippen molar-refractivity contribution in [2.45, 2.75) is 31.5 Å². The number of hydrogen-bond acceptors (Lipinski definition) is 9. The quantitative estimate of drug-likeness (QED) is 0.482. The number of nitrogens with zero attached hydrogens (tertiary/aromatic N) is 3. The summed E-state index contributed by atoms with van der Waals surface area (Å²) < 4.78 is 25.5.